The van der Waals surface area contributed by atoms with Crippen LogP contribution < -0.4 is 78.4 Å². The highest BCUT2D eigenvalue weighted by Gasteiger charge is 2.26. The number of nitro benzene ring substituents is 3. The second-order valence-corrected chi connectivity index (χ2v) is 39.2. The average Bonchev–Trinajstić information content (AvgIpc) is 0.826. The topological polar surface area (TPSA) is 461 Å². The van der Waals surface area contributed by atoms with E-state index in [9.17, 15) is 53.6 Å². The fourth-order valence-electron chi connectivity index (χ4n) is 9.85. The van der Waals surface area contributed by atoms with E-state index in [1.807, 2.05) is 12.1 Å². The van der Waals surface area contributed by atoms with Gasteiger partial charge in [0.1, 0.15) is 76.1 Å². The second kappa shape index (κ2) is 42.9. The molecule has 9 aromatic rings. The smallest absolute Gasteiger partial charge is 0.419 e. The van der Waals surface area contributed by atoms with Crippen LogP contribution in [0.3, 0.4) is 0 Å². The highest BCUT2D eigenvalue weighted by atomic mass is 79.9. The summed E-state index contributed by atoms with van der Waals surface area (Å²) in [5.41, 5.74) is 6.61. The lowest BCUT2D eigenvalue weighted by atomic mass is 10.1. The maximum absolute atomic E-state index is 12.8. The van der Waals surface area contributed by atoms with Crippen molar-refractivity contribution in [2.24, 2.45) is 5.73 Å². The van der Waals surface area contributed by atoms with E-state index in [0.717, 1.165) is 0 Å². The predicted octanol–water partition coefficient (Wildman–Crippen LogP) is 17.2. The largest absolute Gasteiger partial charge is 0.495 e. The molecule has 0 aliphatic rings. The lowest BCUT2D eigenvalue weighted by molar-refractivity contribution is -0.385. The first kappa shape index (κ1) is 95.0. The molecule has 41 heteroatoms. The first-order valence-corrected chi connectivity index (χ1v) is 44.6. The van der Waals surface area contributed by atoms with Gasteiger partial charge in [0.05, 0.1) is 93.3 Å². The van der Waals surface area contributed by atoms with Crippen LogP contribution >= 0.6 is 72.2 Å². The molecule has 0 saturated carbocycles. The van der Waals surface area contributed by atoms with Gasteiger partial charge in [0.15, 0.2) is 17.5 Å². The van der Waals surface area contributed by atoms with Crippen LogP contribution in [0.25, 0.3) is 0 Å². The Morgan fingerprint density at radius 3 is 1.14 bits per heavy atom. The number of para-hydroxylation sites is 3. The molecule has 10 N–H and O–H groups in total. The van der Waals surface area contributed by atoms with Crippen molar-refractivity contribution < 1.29 is 61.7 Å². The molecule has 0 saturated heterocycles. The quantitative estimate of drug-likeness (QED) is 0.00677. The number of hydrogen-bond acceptors (Lipinski definition) is 29. The van der Waals surface area contributed by atoms with Gasteiger partial charge in [0.2, 0.25) is 17.8 Å². The van der Waals surface area contributed by atoms with Crippen molar-refractivity contribution in [3.8, 4) is 53.4 Å². The van der Waals surface area contributed by atoms with Gasteiger partial charge < -0.3 is 80.3 Å². The number of methoxy groups -OCH3 is 3. The number of rotatable bonds is 24. The highest BCUT2D eigenvalue weighted by Crippen LogP contribution is 2.44. The molecule has 0 spiro atoms. The Labute approximate surface area is 704 Å². The number of ether oxygens (including phenoxy) is 5. The Bertz CT molecular complexity index is 5540. The van der Waals surface area contributed by atoms with Crippen LogP contribution in [0.1, 0.15) is 65.5 Å². The summed E-state index contributed by atoms with van der Waals surface area (Å²) in [6.07, 6.45) is 8.40. The molecule has 3 aromatic heterocycles. The normalized spacial score (nSPS) is 10.9. The third-order valence-corrected chi connectivity index (χ3v) is 21.0. The van der Waals surface area contributed by atoms with Gasteiger partial charge in [-0.05, 0) is 134 Å². The van der Waals surface area contributed by atoms with Crippen LogP contribution in [0.2, 0.25) is 15.1 Å². The third kappa shape index (κ3) is 29.4. The van der Waals surface area contributed by atoms with Gasteiger partial charge in [-0.15, -0.1) is 0 Å². The number of benzene rings is 6. The van der Waals surface area contributed by atoms with Crippen molar-refractivity contribution in [1.82, 2.24) is 40.5 Å². The molecule has 0 fully saturated rings. The van der Waals surface area contributed by atoms with Gasteiger partial charge in [-0.3, -0.25) is 30.3 Å². The monoisotopic (exact) mass is 1790 g/mol. The molecule has 0 atom stereocenters. The Kier molecular flexibility index (Phi) is 34.5. The van der Waals surface area contributed by atoms with Crippen LogP contribution in [0.15, 0.2) is 132 Å². The van der Waals surface area contributed by atoms with E-state index in [4.69, 9.17) is 70.6 Å². The maximum atomic E-state index is 12.8. The molecule has 0 aliphatic heterocycles. The predicted molar refractivity (Wildman–Crippen MR) is 469 cm³/mol. The van der Waals surface area contributed by atoms with Crippen molar-refractivity contribution in [2.45, 2.75) is 65.6 Å². The summed E-state index contributed by atoms with van der Waals surface area (Å²) < 4.78 is 64.4. The number of alkyl carbamates (subject to hydrolysis) is 2. The number of terminal acetylenes is 1. The summed E-state index contributed by atoms with van der Waals surface area (Å²) in [5, 5.41) is 60.1. The molecule has 622 valence electrons. The van der Waals surface area contributed by atoms with Crippen LogP contribution in [-0.2, 0) is 23.2 Å². The standard InChI is InChI=1S/C28H32ClN6O6P.C23H24ClN6O4P.C19H18BrClN5O4P.C7H11NO2/c1-28(2,3)41-27(36)30-14-10-9-11-18-15-23(40-4)21(16-22(18)35(37)38)33-26-31-17-19(29)25(34-26)32-20-12-7-8-13-24(20)42(5,6)39;1-34-20-12-15(8-6-7-11-25)19(30(31)32)13-18(20)28-23-26-14-16(24)22(29-23)27-17-9-4-5-10-21(17)35(2,3)33;1-30-16-8-11(20)15(26(27)28)9-14(16)24-19-22-10-12(21)18(25-19)23-13-6-4-5-7-17(13)31(2,3)29;1-5-8-6(9)10-7(2,3)4/h7-8,12-13,15-17H,10,14H2,1-6H3,(H,30,36)(H2,31,32,33,34);4-5,9-10,12-14H,7,11,25H2,1-3H3,(H2,26,27,28,29);4-10H,1-3H3,(H2,22,23,24,25);1H,2-4H3,(H,8,9). The Hall–Kier alpha value is -11.8. The molecule has 0 aliphatic carbocycles. The molecule has 34 nitrogen and oxygen atoms in total. The zero-order chi connectivity index (χ0) is 87.6. The summed E-state index contributed by atoms with van der Waals surface area (Å²) in [6.45, 7) is 21.1. The van der Waals surface area contributed by atoms with Gasteiger partial charge in [-0.25, -0.2) is 29.9 Å². The zero-order valence-corrected chi connectivity index (χ0v) is 73.1. The van der Waals surface area contributed by atoms with Gasteiger partial charge in [0.25, 0.3) is 17.1 Å². The second-order valence-electron chi connectivity index (χ2n) is 27.5. The fourth-order valence-corrected chi connectivity index (χ4v) is 14.2. The van der Waals surface area contributed by atoms with E-state index in [-0.39, 0.29) is 113 Å². The van der Waals surface area contributed by atoms with Crippen LogP contribution in [-0.4, -0.2) is 142 Å². The van der Waals surface area contributed by atoms with Gasteiger partial charge >= 0.3 is 12.2 Å². The van der Waals surface area contributed by atoms with Crippen LogP contribution in [0.4, 0.5) is 96.1 Å². The van der Waals surface area contributed by atoms with Crippen molar-refractivity contribution in [3.05, 3.63) is 189 Å². The lowest BCUT2D eigenvalue weighted by Crippen LogP contribution is -2.32. The molecule has 118 heavy (non-hydrogen) atoms. The van der Waals surface area contributed by atoms with Crippen molar-refractivity contribution in [2.75, 3.05) is 106 Å². The number of hydrogen-bond donors (Lipinski definition) is 9. The Balaban J connectivity index is 0.000000261. The number of nitrogens with zero attached hydrogens (tertiary/aromatic N) is 9. The molecule has 0 radical (unpaired) electrons. The number of amides is 2. The van der Waals surface area contributed by atoms with Crippen molar-refractivity contribution >= 4 is 187 Å². The minimum absolute atomic E-state index is 0.0789. The van der Waals surface area contributed by atoms with E-state index in [2.05, 4.69) is 112 Å². The summed E-state index contributed by atoms with van der Waals surface area (Å²) in [4.78, 5) is 81.2. The first-order valence-electron chi connectivity index (χ1n) is 34.8. The third-order valence-electron chi connectivity index (χ3n) is 14.9. The minimum Gasteiger partial charge on any atom is -0.495 e. The Morgan fingerprint density at radius 1 is 0.500 bits per heavy atom. The number of carbonyl (C=O) groups is 2. The molecular weight excluding hydrogens is 1710 g/mol. The van der Waals surface area contributed by atoms with Crippen molar-refractivity contribution in [1.29, 1.82) is 0 Å². The lowest BCUT2D eigenvalue weighted by Gasteiger charge is -2.19. The van der Waals surface area contributed by atoms with E-state index in [0.29, 0.717) is 63.1 Å². The summed E-state index contributed by atoms with van der Waals surface area (Å²) in [7, 11) is -3.45. The summed E-state index contributed by atoms with van der Waals surface area (Å²) in [6, 6.07) is 31.7. The number of nitro groups is 3. The molecule has 0 unspecified atom stereocenters. The van der Waals surface area contributed by atoms with E-state index < -0.39 is 59.6 Å². The van der Waals surface area contributed by atoms with Gasteiger partial charge in [-0.2, -0.15) is 15.0 Å². The van der Waals surface area contributed by atoms with Crippen molar-refractivity contribution in [3.63, 3.8) is 0 Å². The molecule has 9 rings (SSSR count). The Morgan fingerprint density at radius 2 is 0.822 bits per heavy atom. The molecular formula is C77H85BrCl3N18O16P3. The van der Waals surface area contributed by atoms with E-state index >= 15 is 0 Å². The number of aromatic nitrogens is 6. The fraction of sp³-hybridized carbons (Fsp3) is 0.273. The van der Waals surface area contributed by atoms with Gasteiger partial charge in [-0.1, -0.05) is 101 Å². The summed E-state index contributed by atoms with van der Waals surface area (Å²) >= 11 is 22.0. The van der Waals surface area contributed by atoms with Crippen LogP contribution in [0, 0.1) is 66.5 Å². The average molecular weight is 1800 g/mol. The number of nitrogens with one attached hydrogen (secondary N) is 8. The molecule has 2 amide bonds. The highest BCUT2D eigenvalue weighted by molar-refractivity contribution is 9.10. The summed E-state index contributed by atoms with van der Waals surface area (Å²) in [5.74, 6) is 13.2. The number of carbonyl (C=O) groups excluding carboxylic acids is 2. The maximum Gasteiger partial charge on any atom is 0.419 e. The number of anilines is 12. The number of halogens is 4. The van der Waals surface area contributed by atoms with E-state index in [1.54, 1.807) is 148 Å². The minimum atomic E-state index is -2.61. The first-order chi connectivity index (χ1) is 55.4. The SMILES string of the molecule is C#CNC(=O)OC(C)(C)C.COc1cc(Br)c([N+](=O)[O-])cc1Nc1ncc(Cl)c(Nc2ccccc2P(C)(C)=O)n1.COc1cc(C#CCCN)c([N+](=O)[O-])cc1Nc1ncc(Cl)c(Nc2ccccc2P(C)(C)=O)n1.COc1cc(C#CCCNC(=O)OC(C)(C)C)c([N+](=O)[O-])cc1Nc1ncc(Cl)c(Nc2ccccc2P(C)(C)=O)n1. The molecule has 6 aromatic carbocycles. The number of nitrogens with two attached hydrogens (primary N) is 1. The zero-order valence-electron chi connectivity index (χ0n) is 66.5. The molecule has 3 heterocycles. The van der Waals surface area contributed by atoms with Gasteiger partial charge in [0, 0.05) is 84.3 Å². The van der Waals surface area contributed by atoms with E-state index in [1.165, 1.54) is 76.3 Å². The molecule has 0 bridgehead atoms. The van der Waals surface area contributed by atoms with Crippen LogP contribution in [0.5, 0.6) is 17.2 Å².